The summed E-state index contributed by atoms with van der Waals surface area (Å²) in [6, 6.07) is 0.999. The summed E-state index contributed by atoms with van der Waals surface area (Å²) in [6.45, 7) is 0.913. The summed E-state index contributed by atoms with van der Waals surface area (Å²) in [4.78, 5) is 17.9. The Balaban J connectivity index is 1.67. The van der Waals surface area contributed by atoms with Crippen LogP contribution in [0.2, 0.25) is 0 Å². The fourth-order valence-corrected chi connectivity index (χ4v) is 3.53. The molecule has 3 atom stereocenters. The number of piperidine rings is 1. The molecule has 1 unspecified atom stereocenters. The van der Waals surface area contributed by atoms with Gasteiger partial charge in [-0.2, -0.15) is 0 Å². The van der Waals surface area contributed by atoms with Gasteiger partial charge in [-0.1, -0.05) is 0 Å². The van der Waals surface area contributed by atoms with Crippen molar-refractivity contribution in [1.29, 1.82) is 0 Å². The third-order valence-corrected chi connectivity index (χ3v) is 4.50. The fourth-order valence-electron chi connectivity index (χ4n) is 3.53. The molecule has 3 heterocycles. The highest BCUT2D eigenvalue weighted by atomic mass is 16.5. The molecule has 6 heteroatoms. The number of aliphatic hydroxyl groups is 1. The van der Waals surface area contributed by atoms with E-state index in [0.717, 1.165) is 12.8 Å². The van der Waals surface area contributed by atoms with Gasteiger partial charge < -0.3 is 14.3 Å². The van der Waals surface area contributed by atoms with E-state index in [1.54, 1.807) is 0 Å². The van der Waals surface area contributed by atoms with E-state index in [1.807, 2.05) is 0 Å². The predicted molar refractivity (Wildman–Crippen MR) is 70.0 cm³/mol. The molecule has 0 spiro atoms. The monoisotopic (exact) mass is 280 g/mol. The Morgan fingerprint density at radius 3 is 2.80 bits per heavy atom. The van der Waals surface area contributed by atoms with Gasteiger partial charge in [0.1, 0.15) is 6.26 Å². The Hall–Kier alpha value is -1.40. The van der Waals surface area contributed by atoms with Crippen molar-refractivity contribution >= 4 is 5.97 Å². The zero-order valence-electron chi connectivity index (χ0n) is 11.6. The Bertz CT molecular complexity index is 473. The van der Waals surface area contributed by atoms with E-state index in [9.17, 15) is 9.90 Å². The number of aliphatic hydroxyl groups excluding tert-OH is 1. The van der Waals surface area contributed by atoms with Crippen LogP contribution in [0.4, 0.5) is 0 Å². The molecule has 1 N–H and O–H groups in total. The molecule has 2 saturated heterocycles. The van der Waals surface area contributed by atoms with Crippen LogP contribution in [0.15, 0.2) is 10.7 Å². The molecule has 0 saturated carbocycles. The Morgan fingerprint density at radius 1 is 1.50 bits per heavy atom. The number of fused-ring (bicyclic) bond motifs is 2. The topological polar surface area (TPSA) is 75.8 Å². The van der Waals surface area contributed by atoms with Gasteiger partial charge in [0.25, 0.3) is 0 Å². The average molecular weight is 280 g/mol. The lowest BCUT2D eigenvalue weighted by Gasteiger charge is -2.37. The summed E-state index contributed by atoms with van der Waals surface area (Å²) in [5.41, 5.74) is 0.222. The van der Waals surface area contributed by atoms with Gasteiger partial charge in [0, 0.05) is 18.7 Å². The molecule has 0 amide bonds. The molecule has 0 aromatic carbocycles. The Morgan fingerprint density at radius 2 is 2.20 bits per heavy atom. The van der Waals surface area contributed by atoms with Crippen molar-refractivity contribution in [2.75, 3.05) is 13.7 Å². The van der Waals surface area contributed by atoms with Gasteiger partial charge >= 0.3 is 5.97 Å². The van der Waals surface area contributed by atoms with Gasteiger partial charge in [-0.15, -0.1) is 0 Å². The van der Waals surface area contributed by atoms with E-state index < -0.39 is 5.97 Å². The summed E-state index contributed by atoms with van der Waals surface area (Å²) < 4.78 is 9.98. The fraction of sp³-hybridized carbons (Fsp3) is 0.714. The third kappa shape index (κ3) is 2.45. The van der Waals surface area contributed by atoms with Crippen LogP contribution in [-0.2, 0) is 11.3 Å². The second-order valence-corrected chi connectivity index (χ2v) is 5.70. The quantitative estimate of drug-likeness (QED) is 0.835. The van der Waals surface area contributed by atoms with Gasteiger partial charge in [-0.3, -0.25) is 4.90 Å². The van der Waals surface area contributed by atoms with Gasteiger partial charge in [0.2, 0.25) is 5.89 Å². The van der Waals surface area contributed by atoms with Crippen molar-refractivity contribution in [3.8, 4) is 0 Å². The van der Waals surface area contributed by atoms with E-state index in [0.29, 0.717) is 30.4 Å². The van der Waals surface area contributed by atoms with E-state index >= 15 is 0 Å². The van der Waals surface area contributed by atoms with Gasteiger partial charge in [0.15, 0.2) is 5.69 Å². The molecule has 2 aliphatic heterocycles. The second kappa shape index (κ2) is 5.54. The van der Waals surface area contributed by atoms with Crippen LogP contribution >= 0.6 is 0 Å². The first kappa shape index (κ1) is 13.6. The average Bonchev–Trinajstić information content (AvgIpc) is 3.01. The highest BCUT2D eigenvalue weighted by molar-refractivity contribution is 5.86. The number of oxazole rings is 1. The minimum atomic E-state index is -0.470. The first-order valence-electron chi connectivity index (χ1n) is 7.10. The van der Waals surface area contributed by atoms with Crippen molar-refractivity contribution < 1.29 is 19.1 Å². The predicted octanol–water partition coefficient (Wildman–Crippen LogP) is 1.20. The standard InChI is InChI=1S/C14H20N2O4/c1-19-14(18)12-8-20-13(15-12)6-16-10-2-3-11(16)5-9(4-10)7-17/h8-11,17H,2-7H2,1H3/t9?,10-,11+. The maximum Gasteiger partial charge on any atom is 0.360 e. The number of hydrogen-bond acceptors (Lipinski definition) is 6. The largest absolute Gasteiger partial charge is 0.464 e. The maximum absolute atomic E-state index is 11.4. The van der Waals surface area contributed by atoms with Crippen molar-refractivity contribution in [2.45, 2.75) is 44.3 Å². The summed E-state index contributed by atoms with van der Waals surface area (Å²) in [5, 5.41) is 9.32. The van der Waals surface area contributed by atoms with Crippen LogP contribution in [0.1, 0.15) is 42.1 Å². The summed E-state index contributed by atoms with van der Waals surface area (Å²) in [5.74, 6) is 0.519. The van der Waals surface area contributed by atoms with Gasteiger partial charge in [-0.25, -0.2) is 9.78 Å². The summed E-state index contributed by atoms with van der Waals surface area (Å²) >= 11 is 0. The first-order chi connectivity index (χ1) is 9.71. The van der Waals surface area contributed by atoms with E-state index in [2.05, 4.69) is 14.6 Å². The highest BCUT2D eigenvalue weighted by Crippen LogP contribution is 2.39. The highest BCUT2D eigenvalue weighted by Gasteiger charge is 2.40. The van der Waals surface area contributed by atoms with Crippen LogP contribution in [0.25, 0.3) is 0 Å². The number of carbonyl (C=O) groups is 1. The van der Waals surface area contributed by atoms with E-state index in [1.165, 1.54) is 26.2 Å². The van der Waals surface area contributed by atoms with Crippen LogP contribution < -0.4 is 0 Å². The molecular formula is C14H20N2O4. The Labute approximate surface area is 117 Å². The maximum atomic E-state index is 11.4. The molecular weight excluding hydrogens is 260 g/mol. The number of carbonyl (C=O) groups excluding carboxylic acids is 1. The minimum Gasteiger partial charge on any atom is -0.464 e. The second-order valence-electron chi connectivity index (χ2n) is 5.70. The SMILES string of the molecule is COC(=O)c1coc(CN2[C@@H]3CC[C@H]2CC(CO)C3)n1. The molecule has 0 aliphatic carbocycles. The number of ether oxygens (including phenoxy) is 1. The van der Waals surface area contributed by atoms with Crippen molar-refractivity contribution in [3.63, 3.8) is 0 Å². The zero-order valence-corrected chi connectivity index (χ0v) is 11.6. The molecule has 20 heavy (non-hydrogen) atoms. The van der Waals surface area contributed by atoms with Crippen LogP contribution in [0, 0.1) is 5.92 Å². The van der Waals surface area contributed by atoms with Crippen molar-refractivity contribution in [3.05, 3.63) is 17.8 Å². The van der Waals surface area contributed by atoms with Crippen molar-refractivity contribution in [2.24, 2.45) is 5.92 Å². The molecule has 110 valence electrons. The number of aromatic nitrogens is 1. The molecule has 2 bridgehead atoms. The molecule has 2 aliphatic rings. The summed E-state index contributed by atoms with van der Waals surface area (Å²) in [7, 11) is 1.33. The lowest BCUT2D eigenvalue weighted by Crippen LogP contribution is -2.43. The molecule has 6 nitrogen and oxygen atoms in total. The summed E-state index contributed by atoms with van der Waals surface area (Å²) in [6.07, 6.45) is 5.77. The minimum absolute atomic E-state index is 0.222. The first-order valence-corrected chi connectivity index (χ1v) is 7.10. The number of hydrogen-bond donors (Lipinski definition) is 1. The Kier molecular flexibility index (Phi) is 3.76. The lowest BCUT2D eigenvalue weighted by molar-refractivity contribution is 0.0590. The van der Waals surface area contributed by atoms with Gasteiger partial charge in [0.05, 0.1) is 13.7 Å². The lowest BCUT2D eigenvalue weighted by atomic mass is 9.91. The van der Waals surface area contributed by atoms with E-state index in [-0.39, 0.29) is 12.3 Å². The smallest absolute Gasteiger partial charge is 0.360 e. The number of methoxy groups -OCH3 is 1. The van der Waals surface area contributed by atoms with E-state index in [4.69, 9.17) is 4.42 Å². The normalized spacial score (nSPS) is 29.6. The number of esters is 1. The molecule has 2 fully saturated rings. The number of rotatable bonds is 4. The zero-order chi connectivity index (χ0) is 14.1. The third-order valence-electron chi connectivity index (χ3n) is 4.50. The molecule has 1 aromatic heterocycles. The van der Waals surface area contributed by atoms with Crippen LogP contribution in [-0.4, -0.2) is 46.8 Å². The van der Waals surface area contributed by atoms with Crippen LogP contribution in [0.5, 0.6) is 0 Å². The number of nitrogens with zero attached hydrogens (tertiary/aromatic N) is 2. The van der Waals surface area contributed by atoms with Gasteiger partial charge in [-0.05, 0) is 31.6 Å². The molecule has 1 aromatic rings. The van der Waals surface area contributed by atoms with Crippen molar-refractivity contribution in [1.82, 2.24) is 9.88 Å². The van der Waals surface area contributed by atoms with Crippen LogP contribution in [0.3, 0.4) is 0 Å². The molecule has 0 radical (unpaired) electrons. The molecule has 3 rings (SSSR count).